The first-order valence-corrected chi connectivity index (χ1v) is 3.69. The molecule has 0 aromatic carbocycles. The zero-order valence-corrected chi connectivity index (χ0v) is 5.51. The lowest BCUT2D eigenvalue weighted by Gasteiger charge is -2.40. The summed E-state index contributed by atoms with van der Waals surface area (Å²) < 4.78 is 0. The largest absolute Gasteiger partial charge is 0.392 e. The van der Waals surface area contributed by atoms with Crippen molar-refractivity contribution in [2.24, 2.45) is 5.41 Å². The van der Waals surface area contributed by atoms with E-state index in [0.717, 1.165) is 6.42 Å². The van der Waals surface area contributed by atoms with Crippen molar-refractivity contribution >= 4 is 0 Å². The number of rotatable bonds is 0. The van der Waals surface area contributed by atoms with Gasteiger partial charge in [-0.1, -0.05) is 18.6 Å². The van der Waals surface area contributed by atoms with E-state index in [1.165, 1.54) is 19.3 Å². The van der Waals surface area contributed by atoms with E-state index in [1.807, 2.05) is 0 Å². The smallest absolute Gasteiger partial charge is 0.0665 e. The molecule has 2 aliphatic carbocycles. The molecule has 9 heavy (non-hydrogen) atoms. The molecule has 1 heteroatoms. The van der Waals surface area contributed by atoms with Crippen LogP contribution in [0.3, 0.4) is 0 Å². The van der Waals surface area contributed by atoms with Crippen molar-refractivity contribution in [2.75, 3.05) is 0 Å². The summed E-state index contributed by atoms with van der Waals surface area (Å²) in [5.41, 5.74) is 0.250. The van der Waals surface area contributed by atoms with E-state index in [9.17, 15) is 5.11 Å². The first-order valence-electron chi connectivity index (χ1n) is 3.69. The van der Waals surface area contributed by atoms with Crippen molar-refractivity contribution in [1.29, 1.82) is 0 Å². The number of hydrogen-bond acceptors (Lipinski definition) is 1. The lowest BCUT2D eigenvalue weighted by molar-refractivity contribution is 0.0175. The van der Waals surface area contributed by atoms with Crippen LogP contribution in [0.5, 0.6) is 0 Å². The SMILES string of the molecule is OC1CC=CC12CCC2. The van der Waals surface area contributed by atoms with Gasteiger partial charge in [0.2, 0.25) is 0 Å². The highest BCUT2D eigenvalue weighted by atomic mass is 16.3. The molecule has 0 heterocycles. The van der Waals surface area contributed by atoms with Gasteiger partial charge >= 0.3 is 0 Å². The molecule has 0 radical (unpaired) electrons. The van der Waals surface area contributed by atoms with Crippen molar-refractivity contribution in [3.05, 3.63) is 12.2 Å². The molecule has 1 saturated carbocycles. The lowest BCUT2D eigenvalue weighted by atomic mass is 9.67. The Bertz CT molecular complexity index is 145. The Morgan fingerprint density at radius 1 is 1.44 bits per heavy atom. The van der Waals surface area contributed by atoms with Crippen molar-refractivity contribution in [3.8, 4) is 0 Å². The second-order valence-corrected chi connectivity index (χ2v) is 3.24. The second kappa shape index (κ2) is 1.60. The summed E-state index contributed by atoms with van der Waals surface area (Å²) in [6, 6.07) is 0. The van der Waals surface area contributed by atoms with Gasteiger partial charge in [0.05, 0.1) is 6.10 Å². The quantitative estimate of drug-likeness (QED) is 0.485. The predicted octanol–water partition coefficient (Wildman–Crippen LogP) is 1.48. The van der Waals surface area contributed by atoms with Crippen LogP contribution in [0.15, 0.2) is 12.2 Å². The average molecular weight is 124 g/mol. The van der Waals surface area contributed by atoms with Gasteiger partial charge in [-0.2, -0.15) is 0 Å². The van der Waals surface area contributed by atoms with Crippen LogP contribution in [0, 0.1) is 5.41 Å². The Balaban J connectivity index is 2.17. The normalized spacial score (nSPS) is 37.2. The maximum atomic E-state index is 9.44. The summed E-state index contributed by atoms with van der Waals surface area (Å²) in [6.07, 6.45) is 8.90. The maximum Gasteiger partial charge on any atom is 0.0665 e. The van der Waals surface area contributed by atoms with Gasteiger partial charge in [-0.3, -0.25) is 0 Å². The van der Waals surface area contributed by atoms with Gasteiger partial charge in [-0.05, 0) is 19.3 Å². The van der Waals surface area contributed by atoms with Gasteiger partial charge in [-0.25, -0.2) is 0 Å². The molecule has 2 rings (SSSR count). The first kappa shape index (κ1) is 5.48. The van der Waals surface area contributed by atoms with Crippen molar-refractivity contribution < 1.29 is 5.11 Å². The fourth-order valence-corrected chi connectivity index (χ4v) is 1.86. The highest BCUT2D eigenvalue weighted by Gasteiger charge is 2.42. The van der Waals surface area contributed by atoms with E-state index in [4.69, 9.17) is 0 Å². The second-order valence-electron chi connectivity index (χ2n) is 3.24. The molecule has 1 fully saturated rings. The number of aliphatic hydroxyl groups excluding tert-OH is 1. The molecule has 0 aromatic rings. The molecule has 0 bridgehead atoms. The monoisotopic (exact) mass is 124 g/mol. The van der Waals surface area contributed by atoms with Gasteiger partial charge in [0, 0.05) is 5.41 Å². The molecular formula is C8H12O. The van der Waals surface area contributed by atoms with Crippen LogP contribution in [0.1, 0.15) is 25.7 Å². The van der Waals surface area contributed by atoms with E-state index in [1.54, 1.807) is 0 Å². The minimum atomic E-state index is -0.0498. The average Bonchev–Trinajstić information content (AvgIpc) is 2.07. The van der Waals surface area contributed by atoms with E-state index < -0.39 is 0 Å². The Hall–Kier alpha value is -0.300. The zero-order chi connectivity index (χ0) is 6.32. The van der Waals surface area contributed by atoms with Crippen LogP contribution in [0.4, 0.5) is 0 Å². The molecule has 0 aliphatic heterocycles. The highest BCUT2D eigenvalue weighted by Crippen LogP contribution is 2.49. The minimum absolute atomic E-state index is 0.0498. The van der Waals surface area contributed by atoms with Crippen LogP contribution < -0.4 is 0 Å². The molecule has 50 valence electrons. The third-order valence-corrected chi connectivity index (χ3v) is 2.76. The first-order chi connectivity index (χ1) is 4.33. The van der Waals surface area contributed by atoms with Crippen LogP contribution >= 0.6 is 0 Å². The van der Waals surface area contributed by atoms with Crippen molar-refractivity contribution in [1.82, 2.24) is 0 Å². The predicted molar refractivity (Wildman–Crippen MR) is 36.0 cm³/mol. The number of aliphatic hydroxyl groups is 1. The molecule has 1 N–H and O–H groups in total. The molecule has 1 nitrogen and oxygen atoms in total. The van der Waals surface area contributed by atoms with Crippen LogP contribution in [0.25, 0.3) is 0 Å². The summed E-state index contributed by atoms with van der Waals surface area (Å²) in [6.45, 7) is 0. The maximum absolute atomic E-state index is 9.44. The molecule has 2 aliphatic rings. The number of hydrogen-bond donors (Lipinski definition) is 1. The van der Waals surface area contributed by atoms with E-state index >= 15 is 0 Å². The molecule has 0 aromatic heterocycles. The molecule has 1 unspecified atom stereocenters. The van der Waals surface area contributed by atoms with Gasteiger partial charge in [0.1, 0.15) is 0 Å². The summed E-state index contributed by atoms with van der Waals surface area (Å²) >= 11 is 0. The summed E-state index contributed by atoms with van der Waals surface area (Å²) in [4.78, 5) is 0. The molecule has 1 atom stereocenters. The highest BCUT2D eigenvalue weighted by molar-refractivity contribution is 5.15. The lowest BCUT2D eigenvalue weighted by Crippen LogP contribution is -2.36. The molecular weight excluding hydrogens is 112 g/mol. The molecule has 0 amide bonds. The van der Waals surface area contributed by atoms with Crippen LogP contribution in [-0.2, 0) is 0 Å². The van der Waals surface area contributed by atoms with Crippen LogP contribution in [-0.4, -0.2) is 11.2 Å². The summed E-state index contributed by atoms with van der Waals surface area (Å²) in [5.74, 6) is 0. The van der Waals surface area contributed by atoms with E-state index in [2.05, 4.69) is 12.2 Å². The minimum Gasteiger partial charge on any atom is -0.392 e. The van der Waals surface area contributed by atoms with Gasteiger partial charge in [-0.15, -0.1) is 0 Å². The third-order valence-electron chi connectivity index (χ3n) is 2.76. The molecule has 0 saturated heterocycles. The topological polar surface area (TPSA) is 20.2 Å². The fourth-order valence-electron chi connectivity index (χ4n) is 1.86. The Labute approximate surface area is 55.4 Å². The zero-order valence-electron chi connectivity index (χ0n) is 5.51. The van der Waals surface area contributed by atoms with Crippen molar-refractivity contribution in [2.45, 2.75) is 31.8 Å². The van der Waals surface area contributed by atoms with E-state index in [0.29, 0.717) is 0 Å². The van der Waals surface area contributed by atoms with Crippen LogP contribution in [0.2, 0.25) is 0 Å². The van der Waals surface area contributed by atoms with Gasteiger partial charge in [0.15, 0.2) is 0 Å². The Kier molecular flexibility index (Phi) is 0.974. The van der Waals surface area contributed by atoms with Gasteiger partial charge in [0.25, 0.3) is 0 Å². The van der Waals surface area contributed by atoms with E-state index in [-0.39, 0.29) is 11.5 Å². The third kappa shape index (κ3) is 0.584. The van der Waals surface area contributed by atoms with Crippen molar-refractivity contribution in [3.63, 3.8) is 0 Å². The Morgan fingerprint density at radius 2 is 2.22 bits per heavy atom. The summed E-state index contributed by atoms with van der Waals surface area (Å²) in [7, 11) is 0. The standard InChI is InChI=1S/C8H12O/c9-7-3-1-4-8(7)5-2-6-8/h1,4,7,9H,2-3,5-6H2. The van der Waals surface area contributed by atoms with Gasteiger partial charge < -0.3 is 5.11 Å². The molecule has 1 spiro atoms. The Morgan fingerprint density at radius 3 is 2.44 bits per heavy atom. The summed E-state index contributed by atoms with van der Waals surface area (Å²) in [5, 5.41) is 9.44. The fraction of sp³-hybridized carbons (Fsp3) is 0.750.